The maximum atomic E-state index is 12.8. The molecule has 1 N–H and O–H groups in total. The van der Waals surface area contributed by atoms with E-state index in [0.717, 1.165) is 37.2 Å². The summed E-state index contributed by atoms with van der Waals surface area (Å²) in [6, 6.07) is 18.6. The molecule has 1 aromatic heterocycles. The number of nitrogens with zero attached hydrogens (tertiary/aromatic N) is 3. The highest BCUT2D eigenvalue weighted by atomic mass is 16.3. The number of rotatable bonds is 7. The van der Waals surface area contributed by atoms with E-state index in [1.165, 1.54) is 11.1 Å². The molecule has 1 aliphatic rings. The van der Waals surface area contributed by atoms with Gasteiger partial charge in [-0.25, -0.2) is 4.79 Å². The smallest absolute Gasteiger partial charge is 0.331 e. The van der Waals surface area contributed by atoms with Gasteiger partial charge in [0.05, 0.1) is 12.2 Å². The molecule has 0 bridgehead atoms. The topological polar surface area (TPSA) is 50.4 Å². The molecule has 0 saturated carbocycles. The highest BCUT2D eigenvalue weighted by Crippen LogP contribution is 2.27. The predicted molar refractivity (Wildman–Crippen MR) is 111 cm³/mol. The highest BCUT2D eigenvalue weighted by molar-refractivity contribution is 5.38. The van der Waals surface area contributed by atoms with Crippen molar-refractivity contribution in [3.05, 3.63) is 87.5 Å². The van der Waals surface area contributed by atoms with Gasteiger partial charge in [0, 0.05) is 19.5 Å². The molecular weight excluding hydrogens is 350 g/mol. The molecule has 5 nitrogen and oxygen atoms in total. The lowest BCUT2D eigenvalue weighted by molar-refractivity contribution is 0.312. The van der Waals surface area contributed by atoms with Gasteiger partial charge in [-0.2, -0.15) is 0 Å². The Morgan fingerprint density at radius 2 is 1.71 bits per heavy atom. The number of fused-ring (bicyclic) bond motifs is 2. The van der Waals surface area contributed by atoms with E-state index in [0.29, 0.717) is 19.5 Å². The average molecular weight is 377 g/mol. The monoisotopic (exact) mass is 377 g/mol. The minimum Gasteiger partial charge on any atom is -0.493 e. The zero-order chi connectivity index (χ0) is 19.5. The molecule has 0 unspecified atom stereocenters. The van der Waals surface area contributed by atoms with E-state index in [4.69, 9.17) is 0 Å². The van der Waals surface area contributed by atoms with Crippen LogP contribution >= 0.6 is 0 Å². The van der Waals surface area contributed by atoms with Crippen LogP contribution in [0, 0.1) is 0 Å². The second-order valence-corrected chi connectivity index (χ2v) is 7.67. The van der Waals surface area contributed by atoms with E-state index in [1.807, 2.05) is 18.2 Å². The second kappa shape index (κ2) is 8.07. The Labute approximate surface area is 165 Å². The third-order valence-corrected chi connectivity index (χ3v) is 5.57. The van der Waals surface area contributed by atoms with Crippen molar-refractivity contribution in [2.75, 3.05) is 13.6 Å². The van der Waals surface area contributed by atoms with Crippen LogP contribution in [0.15, 0.2) is 59.4 Å². The third-order valence-electron chi connectivity index (χ3n) is 5.57. The first-order valence-corrected chi connectivity index (χ1v) is 9.94. The first-order chi connectivity index (χ1) is 13.6. The molecule has 4 rings (SSSR count). The van der Waals surface area contributed by atoms with Gasteiger partial charge in [-0.15, -0.1) is 0 Å². The van der Waals surface area contributed by atoms with Crippen LogP contribution in [0.1, 0.15) is 35.2 Å². The Balaban J connectivity index is 1.35. The Hall–Kier alpha value is -2.79. The number of hydrogen-bond donors (Lipinski definition) is 1. The number of imidazole rings is 1. The van der Waals surface area contributed by atoms with Crippen LogP contribution in [0.25, 0.3) is 0 Å². The van der Waals surface area contributed by atoms with Gasteiger partial charge in [0.25, 0.3) is 0 Å². The summed E-state index contributed by atoms with van der Waals surface area (Å²) in [5.74, 6) is 0.136. The van der Waals surface area contributed by atoms with Gasteiger partial charge in [0.15, 0.2) is 0 Å². The Morgan fingerprint density at radius 3 is 2.50 bits per heavy atom. The van der Waals surface area contributed by atoms with Gasteiger partial charge in [0.2, 0.25) is 5.88 Å². The molecule has 2 heterocycles. The maximum absolute atomic E-state index is 12.8. The molecule has 0 aliphatic carbocycles. The number of aromatic nitrogens is 2. The first kappa shape index (κ1) is 18.6. The lowest BCUT2D eigenvalue weighted by Crippen LogP contribution is -2.28. The largest absolute Gasteiger partial charge is 0.493 e. The lowest BCUT2D eigenvalue weighted by atomic mass is 9.99. The first-order valence-electron chi connectivity index (χ1n) is 9.94. The van der Waals surface area contributed by atoms with Crippen LogP contribution in [0.3, 0.4) is 0 Å². The van der Waals surface area contributed by atoms with E-state index in [2.05, 4.69) is 48.3 Å². The summed E-state index contributed by atoms with van der Waals surface area (Å²) < 4.78 is 3.26. The molecule has 146 valence electrons. The molecule has 1 aliphatic heterocycles. The van der Waals surface area contributed by atoms with Crippen LogP contribution in [-0.4, -0.2) is 32.7 Å². The normalized spacial score (nSPS) is 12.8. The fourth-order valence-corrected chi connectivity index (χ4v) is 4.03. The van der Waals surface area contributed by atoms with Crippen molar-refractivity contribution in [2.45, 2.75) is 38.9 Å². The minimum absolute atomic E-state index is 0.0976. The van der Waals surface area contributed by atoms with Gasteiger partial charge in [-0.3, -0.25) is 9.13 Å². The van der Waals surface area contributed by atoms with E-state index in [1.54, 1.807) is 9.13 Å². The van der Waals surface area contributed by atoms with Crippen LogP contribution in [0.5, 0.6) is 5.88 Å². The quantitative estimate of drug-likeness (QED) is 0.503. The molecule has 3 aromatic rings. The van der Waals surface area contributed by atoms with Crippen LogP contribution in [0.4, 0.5) is 0 Å². The van der Waals surface area contributed by atoms with Gasteiger partial charge in [-0.05, 0) is 43.1 Å². The molecule has 2 aromatic carbocycles. The number of benzene rings is 2. The second-order valence-electron chi connectivity index (χ2n) is 7.67. The summed E-state index contributed by atoms with van der Waals surface area (Å²) in [6.07, 6.45) is 2.46. The zero-order valence-electron chi connectivity index (χ0n) is 16.3. The molecule has 5 heteroatoms. The van der Waals surface area contributed by atoms with Crippen molar-refractivity contribution in [2.24, 2.45) is 0 Å². The average Bonchev–Trinajstić information content (AvgIpc) is 2.94. The molecule has 0 fully saturated rings. The Morgan fingerprint density at radius 1 is 1.00 bits per heavy atom. The lowest BCUT2D eigenvalue weighted by Gasteiger charge is -2.17. The minimum atomic E-state index is -0.0976. The van der Waals surface area contributed by atoms with Gasteiger partial charge in [-0.1, -0.05) is 54.6 Å². The summed E-state index contributed by atoms with van der Waals surface area (Å²) in [6.45, 7) is 2.99. The molecule has 28 heavy (non-hydrogen) atoms. The SMILES string of the molecule is CN(CCCCn1c(O)c2n(c1=O)Cc1ccccc1C2)Cc1ccccc1. The molecule has 0 amide bonds. The van der Waals surface area contributed by atoms with Crippen molar-refractivity contribution in [3.63, 3.8) is 0 Å². The van der Waals surface area contributed by atoms with Crippen LogP contribution in [-0.2, 0) is 26.1 Å². The molecule has 0 radical (unpaired) electrons. The van der Waals surface area contributed by atoms with Gasteiger partial charge in [0.1, 0.15) is 0 Å². The van der Waals surface area contributed by atoms with E-state index >= 15 is 0 Å². The van der Waals surface area contributed by atoms with Crippen molar-refractivity contribution < 1.29 is 5.11 Å². The summed E-state index contributed by atoms with van der Waals surface area (Å²) in [5.41, 5.74) is 4.30. The molecule has 0 atom stereocenters. The Kier molecular flexibility index (Phi) is 5.35. The van der Waals surface area contributed by atoms with E-state index in [-0.39, 0.29) is 11.6 Å². The fraction of sp³-hybridized carbons (Fsp3) is 0.348. The van der Waals surface area contributed by atoms with Crippen molar-refractivity contribution in [1.29, 1.82) is 0 Å². The number of unbranched alkanes of at least 4 members (excludes halogenated alkanes) is 1. The van der Waals surface area contributed by atoms with Gasteiger partial charge >= 0.3 is 5.69 Å². The number of hydrogen-bond acceptors (Lipinski definition) is 3. The predicted octanol–water partition coefficient (Wildman–Crippen LogP) is 3.22. The summed E-state index contributed by atoms with van der Waals surface area (Å²) >= 11 is 0. The summed E-state index contributed by atoms with van der Waals surface area (Å²) in [7, 11) is 2.12. The third kappa shape index (κ3) is 3.76. The van der Waals surface area contributed by atoms with Crippen molar-refractivity contribution >= 4 is 0 Å². The number of aromatic hydroxyl groups is 1. The van der Waals surface area contributed by atoms with Crippen LogP contribution < -0.4 is 5.69 Å². The summed E-state index contributed by atoms with van der Waals surface area (Å²) in [4.78, 5) is 15.1. The molecule has 0 spiro atoms. The molecule has 0 saturated heterocycles. The molecular formula is C23H27N3O2. The van der Waals surface area contributed by atoms with Crippen molar-refractivity contribution in [1.82, 2.24) is 14.0 Å². The fourth-order valence-electron chi connectivity index (χ4n) is 4.03. The van der Waals surface area contributed by atoms with Crippen molar-refractivity contribution in [3.8, 4) is 5.88 Å². The standard InChI is InChI=1S/C23H27N3O2/c1-24(16-18-9-3-2-4-10-18)13-7-8-14-25-22(27)21-15-19-11-5-6-12-20(19)17-26(21)23(25)28/h2-6,9-12,27H,7-8,13-17H2,1H3. The highest BCUT2D eigenvalue weighted by Gasteiger charge is 2.24. The summed E-state index contributed by atoms with van der Waals surface area (Å²) in [5, 5.41) is 10.6. The zero-order valence-corrected chi connectivity index (χ0v) is 16.3. The van der Waals surface area contributed by atoms with E-state index in [9.17, 15) is 9.90 Å². The van der Waals surface area contributed by atoms with E-state index < -0.39 is 0 Å². The maximum Gasteiger partial charge on any atom is 0.331 e. The van der Waals surface area contributed by atoms with Gasteiger partial charge < -0.3 is 10.0 Å². The van der Waals surface area contributed by atoms with Crippen LogP contribution in [0.2, 0.25) is 0 Å². The Bertz CT molecular complexity index is 1000.